The first-order valence-electron chi connectivity index (χ1n) is 6.34. The van der Waals surface area contributed by atoms with Crippen molar-refractivity contribution in [3.63, 3.8) is 0 Å². The van der Waals surface area contributed by atoms with Gasteiger partial charge >= 0.3 is 6.09 Å². The minimum Gasteiger partial charge on any atom is -0.450 e. The molecule has 2 heterocycles. The number of hydrazine groups is 1. The van der Waals surface area contributed by atoms with Crippen molar-refractivity contribution in [2.75, 3.05) is 43.1 Å². The summed E-state index contributed by atoms with van der Waals surface area (Å²) < 4.78 is 4.99. The molecule has 7 nitrogen and oxygen atoms in total. The van der Waals surface area contributed by atoms with Gasteiger partial charge in [-0.1, -0.05) is 0 Å². The van der Waals surface area contributed by atoms with Crippen molar-refractivity contribution >= 4 is 17.6 Å². The monoisotopic (exact) mass is 265 g/mol. The average molecular weight is 265 g/mol. The molecule has 0 spiro atoms. The number of hydrogen-bond acceptors (Lipinski definition) is 6. The Kier molecular flexibility index (Phi) is 4.40. The van der Waals surface area contributed by atoms with E-state index in [1.54, 1.807) is 11.1 Å². The molecule has 7 heteroatoms. The van der Waals surface area contributed by atoms with E-state index in [9.17, 15) is 4.79 Å². The number of hydrogen-bond donors (Lipinski definition) is 2. The van der Waals surface area contributed by atoms with E-state index in [2.05, 4.69) is 15.3 Å². The molecule has 2 rings (SSSR count). The minimum absolute atomic E-state index is 0.235. The van der Waals surface area contributed by atoms with Crippen LogP contribution in [-0.4, -0.2) is 48.8 Å². The predicted octanol–water partition coefficient (Wildman–Crippen LogP) is 0.646. The van der Waals surface area contributed by atoms with Crippen LogP contribution in [-0.2, 0) is 4.74 Å². The normalized spacial score (nSPS) is 15.3. The van der Waals surface area contributed by atoms with Crippen molar-refractivity contribution in [1.29, 1.82) is 0 Å². The lowest BCUT2D eigenvalue weighted by atomic mass is 10.2. The molecule has 1 fully saturated rings. The Balaban J connectivity index is 1.94. The van der Waals surface area contributed by atoms with Gasteiger partial charge in [-0.3, -0.25) is 0 Å². The van der Waals surface area contributed by atoms with Crippen LogP contribution < -0.4 is 16.2 Å². The highest BCUT2D eigenvalue weighted by atomic mass is 16.6. The van der Waals surface area contributed by atoms with Crippen molar-refractivity contribution in [2.24, 2.45) is 5.84 Å². The Morgan fingerprint density at radius 2 is 2.21 bits per heavy atom. The summed E-state index contributed by atoms with van der Waals surface area (Å²) >= 11 is 0. The predicted molar refractivity (Wildman–Crippen MR) is 72.9 cm³/mol. The number of carbonyl (C=O) groups excluding carboxylic acids is 1. The smallest absolute Gasteiger partial charge is 0.409 e. The van der Waals surface area contributed by atoms with Gasteiger partial charge in [0.1, 0.15) is 5.82 Å². The second-order valence-electron chi connectivity index (χ2n) is 4.22. The highest BCUT2D eigenvalue weighted by Crippen LogP contribution is 2.18. The molecule has 0 radical (unpaired) electrons. The van der Waals surface area contributed by atoms with E-state index < -0.39 is 0 Å². The van der Waals surface area contributed by atoms with Gasteiger partial charge in [0.15, 0.2) is 0 Å². The molecule has 0 unspecified atom stereocenters. The molecule has 0 aromatic carbocycles. The summed E-state index contributed by atoms with van der Waals surface area (Å²) in [5, 5.41) is 0. The molecule has 0 bridgehead atoms. The summed E-state index contributed by atoms with van der Waals surface area (Å²) in [5.41, 5.74) is 3.58. The van der Waals surface area contributed by atoms with Gasteiger partial charge in [-0.15, -0.1) is 0 Å². The number of amides is 1. The third-order valence-corrected chi connectivity index (χ3v) is 3.06. The van der Waals surface area contributed by atoms with Gasteiger partial charge in [0.05, 0.1) is 6.61 Å². The maximum atomic E-state index is 11.6. The summed E-state index contributed by atoms with van der Waals surface area (Å²) in [4.78, 5) is 19.6. The lowest BCUT2D eigenvalue weighted by Crippen LogP contribution is -2.49. The van der Waals surface area contributed by atoms with Gasteiger partial charge < -0.3 is 20.0 Å². The van der Waals surface area contributed by atoms with Gasteiger partial charge in [0.25, 0.3) is 0 Å². The number of ether oxygens (including phenoxy) is 1. The van der Waals surface area contributed by atoms with Gasteiger partial charge in [0.2, 0.25) is 0 Å². The van der Waals surface area contributed by atoms with Crippen molar-refractivity contribution < 1.29 is 9.53 Å². The second-order valence-corrected chi connectivity index (χ2v) is 4.22. The van der Waals surface area contributed by atoms with E-state index in [4.69, 9.17) is 10.6 Å². The second kappa shape index (κ2) is 6.24. The van der Waals surface area contributed by atoms with E-state index >= 15 is 0 Å². The fraction of sp³-hybridized carbons (Fsp3) is 0.500. The highest BCUT2D eigenvalue weighted by Gasteiger charge is 2.22. The third-order valence-electron chi connectivity index (χ3n) is 3.06. The number of aromatic nitrogens is 1. The van der Waals surface area contributed by atoms with Crippen LogP contribution in [0.25, 0.3) is 0 Å². The molecule has 0 atom stereocenters. The molecule has 3 N–H and O–H groups in total. The summed E-state index contributed by atoms with van der Waals surface area (Å²) in [7, 11) is 0. The third kappa shape index (κ3) is 3.25. The maximum Gasteiger partial charge on any atom is 0.409 e. The number of carbonyl (C=O) groups is 1. The average Bonchev–Trinajstić information content (AvgIpc) is 2.48. The molecular formula is C12H19N5O2. The zero-order valence-electron chi connectivity index (χ0n) is 11.0. The topological polar surface area (TPSA) is 83.7 Å². The van der Waals surface area contributed by atoms with Crippen LogP contribution in [0.2, 0.25) is 0 Å². The maximum absolute atomic E-state index is 11.6. The fourth-order valence-electron chi connectivity index (χ4n) is 2.06. The lowest BCUT2D eigenvalue weighted by Gasteiger charge is -2.35. The zero-order chi connectivity index (χ0) is 13.7. The number of nitrogen functional groups attached to an aromatic ring is 1. The Bertz CT molecular complexity index is 432. The first kappa shape index (κ1) is 13.4. The van der Waals surface area contributed by atoms with Crippen LogP contribution >= 0.6 is 0 Å². The molecule has 1 aromatic heterocycles. The highest BCUT2D eigenvalue weighted by molar-refractivity contribution is 5.68. The summed E-state index contributed by atoms with van der Waals surface area (Å²) in [5.74, 6) is 5.97. The molecule has 1 aromatic rings. The van der Waals surface area contributed by atoms with E-state index in [1.807, 2.05) is 19.1 Å². The SMILES string of the molecule is CCOC(=O)N1CCN(c2ccnc(NN)c2)CC1. The lowest BCUT2D eigenvalue weighted by molar-refractivity contribution is 0.105. The molecule has 1 aliphatic rings. The molecule has 1 saturated heterocycles. The standard InChI is InChI=1S/C12H19N5O2/c1-2-19-12(18)17-7-5-16(6-8-17)10-3-4-14-11(9-10)15-13/h3-4,9H,2,5-8,13H2,1H3,(H,14,15). The van der Waals surface area contributed by atoms with Crippen LogP contribution in [0.5, 0.6) is 0 Å². The molecule has 0 aliphatic carbocycles. The first-order chi connectivity index (χ1) is 9.24. The van der Waals surface area contributed by atoms with Gasteiger partial charge in [-0.05, 0) is 13.0 Å². The van der Waals surface area contributed by atoms with Crippen LogP contribution in [0.3, 0.4) is 0 Å². The Labute approximate surface area is 112 Å². The van der Waals surface area contributed by atoms with E-state index in [0.29, 0.717) is 25.5 Å². The molecule has 104 valence electrons. The molecule has 1 amide bonds. The number of piperazine rings is 1. The fourth-order valence-corrected chi connectivity index (χ4v) is 2.06. The zero-order valence-corrected chi connectivity index (χ0v) is 11.0. The van der Waals surface area contributed by atoms with Gasteiger partial charge in [-0.25, -0.2) is 15.6 Å². The largest absolute Gasteiger partial charge is 0.450 e. The van der Waals surface area contributed by atoms with E-state index in [1.165, 1.54) is 0 Å². The van der Waals surface area contributed by atoms with Crippen LogP contribution in [0, 0.1) is 0 Å². The van der Waals surface area contributed by atoms with E-state index in [-0.39, 0.29) is 6.09 Å². The number of nitrogens with two attached hydrogens (primary N) is 1. The Hall–Kier alpha value is -2.02. The number of nitrogens with zero attached hydrogens (tertiary/aromatic N) is 3. The van der Waals surface area contributed by atoms with Crippen molar-refractivity contribution in [2.45, 2.75) is 6.92 Å². The summed E-state index contributed by atoms with van der Waals surface area (Å²) in [6, 6.07) is 3.82. The molecule has 19 heavy (non-hydrogen) atoms. The quantitative estimate of drug-likeness (QED) is 0.616. The number of pyridine rings is 1. The Morgan fingerprint density at radius 1 is 1.47 bits per heavy atom. The summed E-state index contributed by atoms with van der Waals surface area (Å²) in [6.45, 7) is 5.08. The van der Waals surface area contributed by atoms with Gasteiger partial charge in [0, 0.05) is 44.1 Å². The van der Waals surface area contributed by atoms with Crippen molar-refractivity contribution in [1.82, 2.24) is 9.88 Å². The number of rotatable bonds is 3. The van der Waals surface area contributed by atoms with Crippen LogP contribution in [0.1, 0.15) is 6.92 Å². The number of anilines is 2. The summed E-state index contributed by atoms with van der Waals surface area (Å²) in [6.07, 6.45) is 1.48. The first-order valence-corrected chi connectivity index (χ1v) is 6.34. The molecule has 1 aliphatic heterocycles. The van der Waals surface area contributed by atoms with Crippen molar-refractivity contribution in [3.05, 3.63) is 18.3 Å². The molecular weight excluding hydrogens is 246 g/mol. The van der Waals surface area contributed by atoms with Gasteiger partial charge in [-0.2, -0.15) is 0 Å². The van der Waals surface area contributed by atoms with Crippen molar-refractivity contribution in [3.8, 4) is 0 Å². The number of nitrogens with one attached hydrogen (secondary N) is 1. The van der Waals surface area contributed by atoms with Crippen LogP contribution in [0.15, 0.2) is 18.3 Å². The minimum atomic E-state index is -0.235. The van der Waals surface area contributed by atoms with E-state index in [0.717, 1.165) is 18.8 Å². The van der Waals surface area contributed by atoms with Crippen LogP contribution in [0.4, 0.5) is 16.3 Å². The molecule has 0 saturated carbocycles. The Morgan fingerprint density at radius 3 is 2.84 bits per heavy atom.